The van der Waals surface area contributed by atoms with E-state index in [2.05, 4.69) is 0 Å². The Kier molecular flexibility index (Phi) is 7.17. The van der Waals surface area contributed by atoms with E-state index in [0.717, 1.165) is 12.5 Å². The highest BCUT2D eigenvalue weighted by Crippen LogP contribution is 2.20. The van der Waals surface area contributed by atoms with Crippen molar-refractivity contribution in [2.45, 2.75) is 38.5 Å². The van der Waals surface area contributed by atoms with Gasteiger partial charge in [-0.1, -0.05) is 30.3 Å². The highest BCUT2D eigenvalue weighted by atomic mass is 19.4. The van der Waals surface area contributed by atoms with Crippen LogP contribution in [0.5, 0.6) is 0 Å². The second-order valence-electron chi connectivity index (χ2n) is 5.05. The van der Waals surface area contributed by atoms with Crippen molar-refractivity contribution in [3.8, 4) is 0 Å². The summed E-state index contributed by atoms with van der Waals surface area (Å²) in [6, 6.07) is 6.38. The summed E-state index contributed by atoms with van der Waals surface area (Å²) in [5.74, 6) is 0. The van der Waals surface area contributed by atoms with E-state index in [1.165, 1.54) is 4.90 Å². The number of hydrogen-bond donors (Lipinski definition) is 2. The molecule has 0 unspecified atom stereocenters. The van der Waals surface area contributed by atoms with Crippen LogP contribution in [-0.2, 0) is 6.54 Å². The Hall–Kier alpha value is -1.76. The summed E-state index contributed by atoms with van der Waals surface area (Å²) >= 11 is 0. The minimum atomic E-state index is -4.47. The molecule has 1 atom stereocenters. The number of carbonyl (C=O) groups is 1. The molecule has 1 aromatic rings. The zero-order valence-corrected chi connectivity index (χ0v) is 12.4. The number of aliphatic hydroxyl groups excluding tert-OH is 1. The van der Waals surface area contributed by atoms with Gasteiger partial charge in [0.25, 0.3) is 0 Å². The van der Waals surface area contributed by atoms with E-state index in [9.17, 15) is 18.0 Å². The van der Waals surface area contributed by atoms with E-state index in [4.69, 9.17) is 5.11 Å². The van der Waals surface area contributed by atoms with Crippen molar-refractivity contribution in [2.75, 3.05) is 13.2 Å². The van der Waals surface area contributed by atoms with Gasteiger partial charge in [-0.3, -0.25) is 0 Å². The number of nitrogens with one attached hydrogen (secondary N) is 1. The molecule has 1 aromatic carbocycles. The Morgan fingerprint density at radius 1 is 1.27 bits per heavy atom. The maximum Gasteiger partial charge on any atom is 0.408 e. The van der Waals surface area contributed by atoms with Gasteiger partial charge in [-0.15, -0.1) is 0 Å². The van der Waals surface area contributed by atoms with Crippen molar-refractivity contribution in [2.24, 2.45) is 0 Å². The number of nitrogens with zero attached hydrogens (tertiary/aromatic N) is 1. The zero-order chi connectivity index (χ0) is 16.6. The SMILES string of the molecule is C[C@H](NC(=O)N(CCCCO)Cc1ccccc1)C(F)(F)F. The van der Waals surface area contributed by atoms with E-state index < -0.39 is 18.2 Å². The minimum Gasteiger partial charge on any atom is -0.396 e. The Balaban J connectivity index is 2.69. The van der Waals surface area contributed by atoms with Gasteiger partial charge in [0.2, 0.25) is 0 Å². The van der Waals surface area contributed by atoms with E-state index in [1.807, 2.05) is 11.4 Å². The Morgan fingerprint density at radius 2 is 1.91 bits per heavy atom. The molecule has 0 saturated carbocycles. The molecule has 0 aliphatic heterocycles. The number of aliphatic hydroxyl groups is 1. The molecule has 0 aromatic heterocycles. The highest BCUT2D eigenvalue weighted by molar-refractivity contribution is 5.74. The van der Waals surface area contributed by atoms with Gasteiger partial charge in [0.05, 0.1) is 0 Å². The number of benzene rings is 1. The van der Waals surface area contributed by atoms with Crippen molar-refractivity contribution in [3.63, 3.8) is 0 Å². The fourth-order valence-corrected chi connectivity index (χ4v) is 1.83. The van der Waals surface area contributed by atoms with Crippen LogP contribution in [0.2, 0.25) is 0 Å². The molecule has 0 bridgehead atoms. The fourth-order valence-electron chi connectivity index (χ4n) is 1.83. The zero-order valence-electron chi connectivity index (χ0n) is 12.4. The summed E-state index contributed by atoms with van der Waals surface area (Å²) in [6.45, 7) is 1.40. The molecule has 1 rings (SSSR count). The molecule has 2 N–H and O–H groups in total. The van der Waals surface area contributed by atoms with Crippen molar-refractivity contribution in [1.82, 2.24) is 10.2 Å². The molecule has 124 valence electrons. The summed E-state index contributed by atoms with van der Waals surface area (Å²) in [5, 5.41) is 10.8. The third-order valence-corrected chi connectivity index (χ3v) is 3.17. The summed E-state index contributed by atoms with van der Waals surface area (Å²) in [4.78, 5) is 13.4. The van der Waals surface area contributed by atoms with Gasteiger partial charge in [0.1, 0.15) is 6.04 Å². The number of rotatable bonds is 7. The number of unbranched alkanes of at least 4 members (excludes halogenated alkanes) is 1. The topological polar surface area (TPSA) is 52.6 Å². The summed E-state index contributed by atoms with van der Waals surface area (Å²) in [7, 11) is 0. The summed E-state index contributed by atoms with van der Waals surface area (Å²) in [6.07, 6.45) is -3.45. The fraction of sp³-hybridized carbons (Fsp3) is 0.533. The van der Waals surface area contributed by atoms with Crippen LogP contribution in [-0.4, -0.2) is 41.4 Å². The third kappa shape index (κ3) is 6.34. The molecule has 0 aliphatic rings. The number of amides is 2. The normalized spacial score (nSPS) is 12.8. The summed E-state index contributed by atoms with van der Waals surface area (Å²) < 4.78 is 37.6. The first-order valence-electron chi connectivity index (χ1n) is 7.11. The van der Waals surface area contributed by atoms with E-state index in [0.29, 0.717) is 12.8 Å². The maximum atomic E-state index is 12.5. The van der Waals surface area contributed by atoms with Crippen LogP contribution < -0.4 is 5.32 Å². The van der Waals surface area contributed by atoms with Gasteiger partial charge < -0.3 is 15.3 Å². The molecule has 4 nitrogen and oxygen atoms in total. The van der Waals surface area contributed by atoms with Gasteiger partial charge in [-0.25, -0.2) is 4.79 Å². The Bertz CT molecular complexity index is 452. The first kappa shape index (κ1) is 18.3. The molecule has 0 heterocycles. The molecule has 0 fully saturated rings. The van der Waals surface area contributed by atoms with Crippen molar-refractivity contribution in [1.29, 1.82) is 0 Å². The molecule has 0 spiro atoms. The van der Waals surface area contributed by atoms with Gasteiger partial charge >= 0.3 is 12.2 Å². The van der Waals surface area contributed by atoms with E-state index in [-0.39, 0.29) is 19.7 Å². The minimum absolute atomic E-state index is 0.0141. The highest BCUT2D eigenvalue weighted by Gasteiger charge is 2.37. The smallest absolute Gasteiger partial charge is 0.396 e. The molecule has 2 amide bonds. The van der Waals surface area contributed by atoms with Gasteiger partial charge in [-0.05, 0) is 25.3 Å². The van der Waals surface area contributed by atoms with E-state index >= 15 is 0 Å². The second kappa shape index (κ2) is 8.63. The molecule has 0 radical (unpaired) electrons. The van der Waals surface area contributed by atoms with Crippen LogP contribution in [0.4, 0.5) is 18.0 Å². The molecule has 22 heavy (non-hydrogen) atoms. The number of alkyl halides is 3. The number of carbonyl (C=O) groups excluding carboxylic acids is 1. The average Bonchev–Trinajstić information content (AvgIpc) is 2.46. The second-order valence-corrected chi connectivity index (χ2v) is 5.05. The number of urea groups is 1. The van der Waals surface area contributed by atoms with Gasteiger partial charge in [0.15, 0.2) is 0 Å². The van der Waals surface area contributed by atoms with Crippen molar-refractivity contribution >= 4 is 6.03 Å². The van der Waals surface area contributed by atoms with E-state index in [1.54, 1.807) is 24.3 Å². The molecular weight excluding hydrogens is 297 g/mol. The van der Waals surface area contributed by atoms with Crippen molar-refractivity contribution in [3.05, 3.63) is 35.9 Å². The maximum absolute atomic E-state index is 12.5. The lowest BCUT2D eigenvalue weighted by Gasteiger charge is -2.26. The molecule has 7 heteroatoms. The number of hydrogen-bond acceptors (Lipinski definition) is 2. The standard InChI is InChI=1S/C15H21F3N2O2/c1-12(15(16,17)18)19-14(22)20(9-5-6-10-21)11-13-7-3-2-4-8-13/h2-4,7-8,12,21H,5-6,9-11H2,1H3,(H,19,22)/t12-/m0/s1. The third-order valence-electron chi connectivity index (χ3n) is 3.17. The quantitative estimate of drug-likeness (QED) is 0.760. The molecule has 0 aliphatic carbocycles. The van der Waals surface area contributed by atoms with Crippen LogP contribution in [0, 0.1) is 0 Å². The van der Waals surface area contributed by atoms with Gasteiger partial charge in [-0.2, -0.15) is 13.2 Å². The van der Waals surface area contributed by atoms with Crippen LogP contribution in [0.1, 0.15) is 25.3 Å². The van der Waals surface area contributed by atoms with Crippen LogP contribution in [0.25, 0.3) is 0 Å². The molecular formula is C15H21F3N2O2. The Morgan fingerprint density at radius 3 is 2.45 bits per heavy atom. The summed E-state index contributed by atoms with van der Waals surface area (Å²) in [5.41, 5.74) is 0.835. The lowest BCUT2D eigenvalue weighted by molar-refractivity contribution is -0.149. The first-order chi connectivity index (χ1) is 10.3. The largest absolute Gasteiger partial charge is 0.408 e. The predicted octanol–water partition coefficient (Wildman–Crippen LogP) is 2.92. The Labute approximate surface area is 127 Å². The van der Waals surface area contributed by atoms with Crippen LogP contribution in [0.15, 0.2) is 30.3 Å². The molecule has 0 saturated heterocycles. The first-order valence-corrected chi connectivity index (χ1v) is 7.11. The lowest BCUT2D eigenvalue weighted by atomic mass is 10.2. The monoisotopic (exact) mass is 318 g/mol. The van der Waals surface area contributed by atoms with Crippen LogP contribution >= 0.6 is 0 Å². The number of halogens is 3. The average molecular weight is 318 g/mol. The van der Waals surface area contributed by atoms with Gasteiger partial charge in [0, 0.05) is 19.7 Å². The predicted molar refractivity (Wildman–Crippen MR) is 77.2 cm³/mol. The van der Waals surface area contributed by atoms with Crippen molar-refractivity contribution < 1.29 is 23.1 Å². The van der Waals surface area contributed by atoms with Crippen LogP contribution in [0.3, 0.4) is 0 Å². The lowest BCUT2D eigenvalue weighted by Crippen LogP contribution is -2.49.